The maximum atomic E-state index is 8.79. The zero-order valence-electron chi connectivity index (χ0n) is 12.0. The predicted molar refractivity (Wildman–Crippen MR) is 78.9 cm³/mol. The molecule has 5 nitrogen and oxygen atoms in total. The van der Waals surface area contributed by atoms with Crippen molar-refractivity contribution in [2.45, 2.75) is 32.1 Å². The number of nitrogens with zero attached hydrogens (tertiary/aromatic N) is 4. The minimum atomic E-state index is 0.604. The molecule has 21 heavy (non-hydrogen) atoms. The van der Waals surface area contributed by atoms with Crippen molar-refractivity contribution in [1.82, 2.24) is 10.1 Å². The van der Waals surface area contributed by atoms with Crippen LogP contribution in [0.2, 0.25) is 0 Å². The largest absolute Gasteiger partial charge is 0.338 e. The lowest BCUT2D eigenvalue weighted by Gasteiger charge is -2.16. The fourth-order valence-electron chi connectivity index (χ4n) is 2.59. The van der Waals surface area contributed by atoms with E-state index < -0.39 is 0 Å². The van der Waals surface area contributed by atoms with Crippen LogP contribution in [0.5, 0.6) is 0 Å². The number of aromatic nitrogens is 2. The van der Waals surface area contributed by atoms with Gasteiger partial charge < -0.3 is 9.42 Å². The van der Waals surface area contributed by atoms with Crippen LogP contribution in [0.15, 0.2) is 28.8 Å². The Bertz CT molecular complexity index is 618. The van der Waals surface area contributed by atoms with E-state index in [1.165, 1.54) is 25.7 Å². The van der Waals surface area contributed by atoms with Crippen molar-refractivity contribution in [3.05, 3.63) is 41.3 Å². The van der Waals surface area contributed by atoms with Crippen LogP contribution < -0.4 is 4.90 Å². The van der Waals surface area contributed by atoms with Gasteiger partial charge in [-0.2, -0.15) is 10.2 Å². The van der Waals surface area contributed by atoms with Crippen LogP contribution in [0.25, 0.3) is 0 Å². The van der Waals surface area contributed by atoms with Crippen molar-refractivity contribution in [3.63, 3.8) is 0 Å². The maximum absolute atomic E-state index is 8.79. The first kappa shape index (κ1) is 13.6. The zero-order chi connectivity index (χ0) is 14.5. The Morgan fingerprint density at radius 1 is 1.10 bits per heavy atom. The molecule has 2 heterocycles. The summed E-state index contributed by atoms with van der Waals surface area (Å²) in [5.41, 5.74) is 1.73. The molecule has 3 rings (SSSR count). The number of benzene rings is 1. The van der Waals surface area contributed by atoms with Gasteiger partial charge in [-0.05, 0) is 35.7 Å². The second kappa shape index (κ2) is 6.40. The molecule has 0 amide bonds. The zero-order valence-corrected chi connectivity index (χ0v) is 12.0. The third-order valence-electron chi connectivity index (χ3n) is 3.78. The van der Waals surface area contributed by atoms with E-state index in [9.17, 15) is 0 Å². The van der Waals surface area contributed by atoms with E-state index >= 15 is 0 Å². The summed E-state index contributed by atoms with van der Waals surface area (Å²) in [6, 6.07) is 9.58. The van der Waals surface area contributed by atoms with Crippen molar-refractivity contribution in [3.8, 4) is 6.07 Å². The summed E-state index contributed by atoms with van der Waals surface area (Å²) in [5, 5.41) is 12.9. The van der Waals surface area contributed by atoms with Crippen LogP contribution >= 0.6 is 0 Å². The van der Waals surface area contributed by atoms with Gasteiger partial charge in [0.2, 0.25) is 5.89 Å². The van der Waals surface area contributed by atoms with Gasteiger partial charge in [-0.1, -0.05) is 25.0 Å². The molecule has 0 unspecified atom stereocenters. The van der Waals surface area contributed by atoms with E-state index in [-0.39, 0.29) is 0 Å². The molecule has 108 valence electrons. The summed E-state index contributed by atoms with van der Waals surface area (Å²) in [7, 11) is 0. The maximum Gasteiger partial charge on any atom is 0.266 e. The number of hydrogen-bond acceptors (Lipinski definition) is 5. The first-order valence-corrected chi connectivity index (χ1v) is 7.42. The fourth-order valence-corrected chi connectivity index (χ4v) is 2.59. The van der Waals surface area contributed by atoms with Crippen LogP contribution in [0.3, 0.4) is 0 Å². The summed E-state index contributed by atoms with van der Waals surface area (Å²) in [6.07, 6.45) is 5.56. The molecule has 1 aliphatic rings. The molecule has 1 aromatic heterocycles. The van der Waals surface area contributed by atoms with E-state index in [1.54, 1.807) is 12.1 Å². The highest BCUT2D eigenvalue weighted by Crippen LogP contribution is 2.17. The molecule has 5 heteroatoms. The van der Waals surface area contributed by atoms with E-state index in [0.717, 1.165) is 18.7 Å². The minimum absolute atomic E-state index is 0.604. The normalized spacial score (nSPS) is 15.5. The van der Waals surface area contributed by atoms with Gasteiger partial charge in [0.05, 0.1) is 18.1 Å². The van der Waals surface area contributed by atoms with Gasteiger partial charge in [-0.15, -0.1) is 0 Å². The van der Waals surface area contributed by atoms with Crippen molar-refractivity contribution in [2.75, 3.05) is 18.0 Å². The first-order chi connectivity index (χ1) is 10.3. The molecule has 0 N–H and O–H groups in total. The summed E-state index contributed by atoms with van der Waals surface area (Å²) in [5.74, 6) is 1.33. The monoisotopic (exact) mass is 282 g/mol. The summed E-state index contributed by atoms with van der Waals surface area (Å²) in [6.45, 7) is 2.02. The lowest BCUT2D eigenvalue weighted by atomic mass is 10.1. The third-order valence-corrected chi connectivity index (χ3v) is 3.78. The number of nitriles is 1. The topological polar surface area (TPSA) is 66.0 Å². The van der Waals surface area contributed by atoms with E-state index in [4.69, 9.17) is 9.78 Å². The number of hydrogen-bond donors (Lipinski definition) is 0. The van der Waals surface area contributed by atoms with Crippen LogP contribution in [0.4, 0.5) is 5.95 Å². The first-order valence-electron chi connectivity index (χ1n) is 7.42. The highest BCUT2D eigenvalue weighted by atomic mass is 16.5. The Hall–Kier alpha value is -2.35. The second-order valence-electron chi connectivity index (χ2n) is 5.37. The molecule has 0 atom stereocenters. The van der Waals surface area contributed by atoms with Gasteiger partial charge in [0.1, 0.15) is 0 Å². The van der Waals surface area contributed by atoms with Gasteiger partial charge in [0, 0.05) is 13.1 Å². The summed E-state index contributed by atoms with van der Waals surface area (Å²) < 4.78 is 5.35. The van der Waals surface area contributed by atoms with Gasteiger partial charge >= 0.3 is 0 Å². The second-order valence-corrected chi connectivity index (χ2v) is 5.37. The molecule has 1 aliphatic heterocycles. The van der Waals surface area contributed by atoms with Crippen molar-refractivity contribution < 1.29 is 4.52 Å². The average Bonchev–Trinajstić information content (AvgIpc) is 2.81. The predicted octanol–water partition coefficient (Wildman–Crippen LogP) is 2.91. The lowest BCUT2D eigenvalue weighted by molar-refractivity contribution is 0.384. The van der Waals surface area contributed by atoms with Crippen molar-refractivity contribution in [2.24, 2.45) is 0 Å². The Labute approximate surface area is 124 Å². The standard InChI is InChI=1S/C16H18N4O/c17-12-14-7-5-13(6-8-14)11-15-18-16(19-21-15)20-9-3-1-2-4-10-20/h5-8H,1-4,9-11H2. The molecule has 0 radical (unpaired) electrons. The van der Waals surface area contributed by atoms with Crippen LogP contribution in [0.1, 0.15) is 42.7 Å². The Morgan fingerprint density at radius 3 is 2.48 bits per heavy atom. The molecule has 0 spiro atoms. The minimum Gasteiger partial charge on any atom is -0.338 e. The van der Waals surface area contributed by atoms with Gasteiger partial charge in [-0.3, -0.25) is 0 Å². The average molecular weight is 282 g/mol. The van der Waals surface area contributed by atoms with Gasteiger partial charge in [0.25, 0.3) is 5.95 Å². The molecule has 0 bridgehead atoms. The molecule has 1 aromatic carbocycles. The highest BCUT2D eigenvalue weighted by Gasteiger charge is 2.16. The summed E-state index contributed by atoms with van der Waals surface area (Å²) >= 11 is 0. The molecule has 1 saturated heterocycles. The van der Waals surface area contributed by atoms with Gasteiger partial charge in [0.15, 0.2) is 0 Å². The summed E-state index contributed by atoms with van der Waals surface area (Å²) in [4.78, 5) is 6.70. The lowest BCUT2D eigenvalue weighted by Crippen LogP contribution is -2.24. The molecule has 2 aromatic rings. The van der Waals surface area contributed by atoms with Crippen LogP contribution in [-0.4, -0.2) is 23.2 Å². The molecular weight excluding hydrogens is 264 g/mol. The van der Waals surface area contributed by atoms with E-state index in [2.05, 4.69) is 21.1 Å². The Morgan fingerprint density at radius 2 is 1.81 bits per heavy atom. The van der Waals surface area contributed by atoms with Crippen molar-refractivity contribution in [1.29, 1.82) is 5.26 Å². The molecule has 0 aliphatic carbocycles. The highest BCUT2D eigenvalue weighted by molar-refractivity contribution is 5.33. The van der Waals surface area contributed by atoms with Crippen LogP contribution in [-0.2, 0) is 6.42 Å². The Kier molecular flexibility index (Phi) is 4.15. The SMILES string of the molecule is N#Cc1ccc(Cc2nc(N3CCCCCC3)no2)cc1. The third kappa shape index (κ3) is 3.40. The Balaban J connectivity index is 1.67. The smallest absolute Gasteiger partial charge is 0.266 e. The van der Waals surface area contributed by atoms with Crippen LogP contribution in [0, 0.1) is 11.3 Å². The van der Waals surface area contributed by atoms with Gasteiger partial charge in [-0.25, -0.2) is 0 Å². The van der Waals surface area contributed by atoms with E-state index in [1.807, 2.05) is 12.1 Å². The molecule has 1 fully saturated rings. The molecule has 0 saturated carbocycles. The fraction of sp³-hybridized carbons (Fsp3) is 0.438. The quantitative estimate of drug-likeness (QED) is 0.866. The van der Waals surface area contributed by atoms with E-state index in [0.29, 0.717) is 23.8 Å². The number of anilines is 1. The number of rotatable bonds is 3. The molecular formula is C16H18N4O. The van der Waals surface area contributed by atoms with Crippen molar-refractivity contribution >= 4 is 5.95 Å².